The minimum Gasteiger partial charge on any atom is -0.477 e. The number of carbonyl (C=O) groups is 3. The van der Waals surface area contributed by atoms with Crippen molar-refractivity contribution in [2.75, 3.05) is 11.5 Å². The van der Waals surface area contributed by atoms with Crippen LogP contribution in [0, 0.1) is 0 Å². The van der Waals surface area contributed by atoms with E-state index in [-0.39, 0.29) is 11.6 Å². The molecule has 2 aromatic heterocycles. The molecule has 3 unspecified atom stereocenters. The first-order chi connectivity index (χ1) is 14.4. The van der Waals surface area contributed by atoms with E-state index in [4.69, 9.17) is 0 Å². The molecule has 0 aromatic carbocycles. The largest absolute Gasteiger partial charge is 0.477 e. The second kappa shape index (κ2) is 8.69. The maximum atomic E-state index is 12.7. The number of nitrogens with zero attached hydrogens (tertiary/aromatic N) is 5. The number of rotatable bonds is 7. The van der Waals surface area contributed by atoms with Gasteiger partial charge in [0.15, 0.2) is 0 Å². The van der Waals surface area contributed by atoms with Crippen molar-refractivity contribution in [3.8, 4) is 0 Å². The summed E-state index contributed by atoms with van der Waals surface area (Å²) >= 11 is 7.52. The number of β-lactam (4-membered cyclic amide) rings is 1. The molecule has 2 aliphatic heterocycles. The zero-order valence-electron chi connectivity index (χ0n) is 15.4. The molecule has 14 heteroatoms. The molecule has 0 saturated carbocycles. The Kier molecular flexibility index (Phi) is 6.18. The van der Waals surface area contributed by atoms with Crippen molar-refractivity contribution in [1.82, 2.24) is 30.4 Å². The molecule has 30 heavy (non-hydrogen) atoms. The lowest BCUT2D eigenvalue weighted by Gasteiger charge is -2.49. The summed E-state index contributed by atoms with van der Waals surface area (Å²) in [5.41, 5.74) is 0.595. The first kappa shape index (κ1) is 21.3. The number of amides is 2. The number of hydrogen-bond donors (Lipinski definition) is 2. The average molecular weight is 531 g/mol. The highest BCUT2D eigenvalue weighted by atomic mass is 79.9. The molecule has 2 aromatic rings. The quantitative estimate of drug-likeness (QED) is 0.308. The van der Waals surface area contributed by atoms with Crippen molar-refractivity contribution >= 4 is 68.6 Å². The number of tetrazole rings is 1. The van der Waals surface area contributed by atoms with Crippen LogP contribution in [0.15, 0.2) is 33.9 Å². The van der Waals surface area contributed by atoms with E-state index in [2.05, 4.69) is 36.8 Å². The number of carboxylic acids is 1. The van der Waals surface area contributed by atoms with E-state index in [1.165, 1.54) is 44.4 Å². The van der Waals surface area contributed by atoms with Crippen molar-refractivity contribution in [2.24, 2.45) is 7.05 Å². The third-order valence-electron chi connectivity index (χ3n) is 4.53. The third kappa shape index (κ3) is 3.88. The average Bonchev–Trinajstić information content (AvgIpc) is 3.40. The molecule has 0 spiro atoms. The van der Waals surface area contributed by atoms with Gasteiger partial charge in [0.05, 0.1) is 0 Å². The van der Waals surface area contributed by atoms with Crippen LogP contribution in [0.5, 0.6) is 0 Å². The minimum atomic E-state index is -1.16. The fraction of sp³-hybridized carbons (Fsp3) is 0.375. The topological polar surface area (TPSA) is 130 Å². The number of carbonyl (C=O) groups excluding carboxylic acids is 2. The summed E-state index contributed by atoms with van der Waals surface area (Å²) in [6, 6.07) is 2.92. The normalized spacial score (nSPS) is 21.8. The van der Waals surface area contributed by atoms with Gasteiger partial charge < -0.3 is 10.4 Å². The molecule has 3 atom stereocenters. The zero-order valence-corrected chi connectivity index (χ0v) is 19.4. The van der Waals surface area contributed by atoms with Crippen LogP contribution in [0.25, 0.3) is 0 Å². The molecule has 2 amide bonds. The van der Waals surface area contributed by atoms with Gasteiger partial charge in [-0.2, -0.15) is 0 Å². The smallest absolute Gasteiger partial charge is 0.352 e. The fourth-order valence-corrected chi connectivity index (χ4v) is 6.72. The van der Waals surface area contributed by atoms with Crippen molar-refractivity contribution in [3.63, 3.8) is 0 Å². The maximum absolute atomic E-state index is 12.7. The summed E-state index contributed by atoms with van der Waals surface area (Å²) in [6.07, 6.45) is 0. The van der Waals surface area contributed by atoms with Gasteiger partial charge in [-0.25, -0.2) is 9.48 Å². The predicted molar refractivity (Wildman–Crippen MR) is 115 cm³/mol. The summed E-state index contributed by atoms with van der Waals surface area (Å²) in [7, 11) is 1.69. The Morgan fingerprint density at radius 3 is 2.93 bits per heavy atom. The monoisotopic (exact) mass is 530 g/mol. The van der Waals surface area contributed by atoms with Gasteiger partial charge in [0.2, 0.25) is 11.1 Å². The summed E-state index contributed by atoms with van der Waals surface area (Å²) in [5, 5.41) is 25.6. The second-order valence-electron chi connectivity index (χ2n) is 6.41. The van der Waals surface area contributed by atoms with Crippen LogP contribution in [0.3, 0.4) is 0 Å². The van der Waals surface area contributed by atoms with E-state index >= 15 is 0 Å². The van der Waals surface area contributed by atoms with Gasteiger partial charge in [-0.15, -0.1) is 28.2 Å². The Morgan fingerprint density at radius 2 is 2.30 bits per heavy atom. The van der Waals surface area contributed by atoms with Crippen LogP contribution < -0.4 is 5.32 Å². The van der Waals surface area contributed by atoms with Gasteiger partial charge in [0, 0.05) is 23.4 Å². The number of halogens is 1. The molecular weight excluding hydrogens is 516 g/mol. The molecule has 2 aliphatic rings. The van der Waals surface area contributed by atoms with E-state index < -0.39 is 28.1 Å². The van der Waals surface area contributed by atoms with Crippen LogP contribution in [0.1, 0.15) is 9.70 Å². The lowest BCUT2D eigenvalue weighted by atomic mass is 10.0. The molecule has 0 radical (unpaired) electrons. The SMILES string of the molecule is Cn1nnnc1SCC1=C(C(=O)O)N2C(=O)C(NC(=O)C(Br)c3cccs3)C2SC1. The lowest BCUT2D eigenvalue weighted by Crippen LogP contribution is -2.70. The summed E-state index contributed by atoms with van der Waals surface area (Å²) < 4.78 is 1.50. The van der Waals surface area contributed by atoms with Gasteiger partial charge in [0.25, 0.3) is 5.91 Å². The van der Waals surface area contributed by atoms with Crippen LogP contribution in [-0.4, -0.2) is 70.9 Å². The number of thioether (sulfide) groups is 2. The number of hydrogen-bond acceptors (Lipinski definition) is 9. The van der Waals surface area contributed by atoms with Crippen LogP contribution in [0.4, 0.5) is 0 Å². The van der Waals surface area contributed by atoms with Gasteiger partial charge >= 0.3 is 5.97 Å². The fourth-order valence-electron chi connectivity index (χ4n) is 3.08. The maximum Gasteiger partial charge on any atom is 0.352 e. The Labute approximate surface area is 191 Å². The number of aliphatic carboxylic acids is 1. The van der Waals surface area contributed by atoms with E-state index in [1.807, 2.05) is 17.5 Å². The molecule has 10 nitrogen and oxygen atoms in total. The summed E-state index contributed by atoms with van der Waals surface area (Å²) in [4.78, 5) is 38.7. The number of nitrogens with one attached hydrogen (secondary N) is 1. The first-order valence-electron chi connectivity index (χ1n) is 8.61. The Balaban J connectivity index is 1.46. The molecule has 0 bridgehead atoms. The third-order valence-corrected chi connectivity index (χ3v) is 9.11. The molecule has 2 N–H and O–H groups in total. The van der Waals surface area contributed by atoms with Crippen molar-refractivity contribution < 1.29 is 19.5 Å². The van der Waals surface area contributed by atoms with Gasteiger partial charge in [-0.1, -0.05) is 33.8 Å². The van der Waals surface area contributed by atoms with Gasteiger partial charge in [0.1, 0.15) is 21.9 Å². The highest BCUT2D eigenvalue weighted by molar-refractivity contribution is 9.09. The summed E-state index contributed by atoms with van der Waals surface area (Å²) in [5.74, 6) is -1.14. The standard InChI is InChI=1S/C16H15BrN6O4S3/c1-22-16(19-20-21-22)30-6-7-5-29-14-10(13(25)23(14)11(7)15(26)27)18-12(24)9(17)8-3-2-4-28-8/h2-4,9-10,14H,5-6H2,1H3,(H,18,24)(H,26,27). The minimum absolute atomic E-state index is 0.0227. The van der Waals surface area contributed by atoms with Gasteiger partial charge in [-0.3, -0.25) is 14.5 Å². The van der Waals surface area contributed by atoms with E-state index in [0.29, 0.717) is 22.2 Å². The van der Waals surface area contributed by atoms with Crippen molar-refractivity contribution in [2.45, 2.75) is 21.4 Å². The number of thiophene rings is 1. The molecule has 1 saturated heterocycles. The van der Waals surface area contributed by atoms with Crippen molar-refractivity contribution in [1.29, 1.82) is 0 Å². The number of aryl methyl sites for hydroxylation is 1. The number of aromatic nitrogens is 4. The Hall–Kier alpha value is -1.90. The zero-order chi connectivity index (χ0) is 21.4. The van der Waals surface area contributed by atoms with E-state index in [1.54, 1.807) is 7.05 Å². The molecular formula is C16H15BrN6O4S3. The van der Waals surface area contributed by atoms with E-state index in [0.717, 1.165) is 4.88 Å². The van der Waals surface area contributed by atoms with Crippen molar-refractivity contribution in [3.05, 3.63) is 33.7 Å². The van der Waals surface area contributed by atoms with Gasteiger partial charge in [-0.05, 0) is 27.4 Å². The lowest BCUT2D eigenvalue weighted by molar-refractivity contribution is -0.150. The summed E-state index contributed by atoms with van der Waals surface area (Å²) in [6.45, 7) is 0. The second-order valence-corrected chi connectivity index (χ2v) is 10.3. The highest BCUT2D eigenvalue weighted by Gasteiger charge is 2.54. The van der Waals surface area contributed by atoms with E-state index in [9.17, 15) is 19.5 Å². The molecule has 4 rings (SSSR count). The molecule has 1 fully saturated rings. The molecule has 4 heterocycles. The highest BCUT2D eigenvalue weighted by Crippen LogP contribution is 2.42. The van der Waals surface area contributed by atoms with Crippen LogP contribution in [-0.2, 0) is 21.4 Å². The number of alkyl halides is 1. The molecule has 0 aliphatic carbocycles. The first-order valence-corrected chi connectivity index (χ1v) is 12.4. The molecule has 158 valence electrons. The number of fused-ring (bicyclic) bond motifs is 1. The number of carboxylic acid groups (broad SMARTS) is 1. The predicted octanol–water partition coefficient (Wildman–Crippen LogP) is 1.24. The van der Waals surface area contributed by atoms with Crippen LogP contribution >= 0.6 is 50.8 Å². The Bertz CT molecular complexity index is 1030. The van der Waals surface area contributed by atoms with Crippen LogP contribution in [0.2, 0.25) is 0 Å². The Morgan fingerprint density at radius 1 is 1.50 bits per heavy atom.